The lowest BCUT2D eigenvalue weighted by Gasteiger charge is -2.29. The van der Waals surface area contributed by atoms with E-state index in [1.54, 1.807) is 16.7 Å². The molecule has 1 unspecified atom stereocenters. The molecule has 2 heterocycles. The zero-order chi connectivity index (χ0) is 20.4. The molecule has 8 heteroatoms. The molecule has 1 atom stereocenters. The SMILES string of the molecule is Cc1cccc2c1C(=O)N(CCOC1SC(=O)N(Cc3ccccc3)C1=O)CS2. The largest absolute Gasteiger partial charge is 0.355 e. The molecule has 0 N–H and O–H groups in total. The molecule has 6 nitrogen and oxygen atoms in total. The lowest BCUT2D eigenvalue weighted by molar-refractivity contribution is -0.134. The zero-order valence-corrected chi connectivity index (χ0v) is 17.5. The Labute approximate surface area is 177 Å². The minimum atomic E-state index is -0.854. The van der Waals surface area contributed by atoms with Crippen molar-refractivity contribution in [3.63, 3.8) is 0 Å². The molecule has 0 bridgehead atoms. The molecule has 2 aromatic rings. The number of amides is 3. The molecular weight excluding hydrogens is 408 g/mol. The highest BCUT2D eigenvalue weighted by molar-refractivity contribution is 8.15. The van der Waals surface area contributed by atoms with E-state index in [9.17, 15) is 14.4 Å². The van der Waals surface area contributed by atoms with Gasteiger partial charge in [-0.1, -0.05) is 42.5 Å². The molecule has 3 amide bonds. The van der Waals surface area contributed by atoms with Crippen LogP contribution in [0, 0.1) is 6.92 Å². The van der Waals surface area contributed by atoms with Crippen LogP contribution in [0.15, 0.2) is 53.4 Å². The fraction of sp³-hybridized carbons (Fsp3) is 0.286. The van der Waals surface area contributed by atoms with Crippen molar-refractivity contribution in [1.82, 2.24) is 9.80 Å². The third-order valence-electron chi connectivity index (χ3n) is 4.82. The number of imide groups is 1. The summed E-state index contributed by atoms with van der Waals surface area (Å²) >= 11 is 2.50. The Morgan fingerprint density at radius 2 is 1.86 bits per heavy atom. The molecule has 1 saturated heterocycles. The van der Waals surface area contributed by atoms with Gasteiger partial charge in [0, 0.05) is 11.4 Å². The number of carbonyl (C=O) groups is 3. The number of aryl methyl sites for hydroxylation is 1. The van der Waals surface area contributed by atoms with E-state index in [0.717, 1.165) is 33.3 Å². The van der Waals surface area contributed by atoms with Gasteiger partial charge in [-0.2, -0.15) is 0 Å². The molecule has 0 aromatic heterocycles. The lowest BCUT2D eigenvalue weighted by Crippen LogP contribution is -2.38. The molecule has 4 rings (SSSR count). The van der Waals surface area contributed by atoms with Gasteiger partial charge in [0.1, 0.15) is 0 Å². The van der Waals surface area contributed by atoms with E-state index in [0.29, 0.717) is 12.4 Å². The number of rotatable bonds is 6. The summed E-state index contributed by atoms with van der Waals surface area (Å²) in [7, 11) is 0. The first-order chi connectivity index (χ1) is 14.0. The molecule has 29 heavy (non-hydrogen) atoms. The molecule has 0 radical (unpaired) electrons. The van der Waals surface area contributed by atoms with Gasteiger partial charge >= 0.3 is 0 Å². The number of thioether (sulfide) groups is 2. The maximum absolute atomic E-state index is 12.8. The number of ether oxygens (including phenoxy) is 1. The van der Waals surface area contributed by atoms with Crippen LogP contribution in [0.1, 0.15) is 21.5 Å². The summed E-state index contributed by atoms with van der Waals surface area (Å²) in [5.41, 5.74) is 1.72. The van der Waals surface area contributed by atoms with Crippen molar-refractivity contribution in [2.45, 2.75) is 23.8 Å². The maximum atomic E-state index is 12.8. The van der Waals surface area contributed by atoms with Gasteiger partial charge < -0.3 is 9.64 Å². The van der Waals surface area contributed by atoms with Gasteiger partial charge in [0.15, 0.2) is 5.44 Å². The molecule has 2 aromatic carbocycles. The van der Waals surface area contributed by atoms with Gasteiger partial charge in [0.05, 0.1) is 24.6 Å². The minimum absolute atomic E-state index is 0.0207. The van der Waals surface area contributed by atoms with Crippen LogP contribution in [0.5, 0.6) is 0 Å². The Bertz CT molecular complexity index is 951. The predicted octanol–water partition coefficient (Wildman–Crippen LogP) is 3.74. The lowest BCUT2D eigenvalue weighted by atomic mass is 10.1. The average Bonchev–Trinajstić information content (AvgIpc) is 2.98. The third kappa shape index (κ3) is 4.19. The van der Waals surface area contributed by atoms with Crippen LogP contribution in [0.4, 0.5) is 4.79 Å². The summed E-state index contributed by atoms with van der Waals surface area (Å²) < 4.78 is 5.67. The smallest absolute Gasteiger partial charge is 0.291 e. The van der Waals surface area contributed by atoms with E-state index < -0.39 is 5.44 Å². The highest BCUT2D eigenvalue weighted by atomic mass is 32.2. The van der Waals surface area contributed by atoms with Crippen molar-refractivity contribution < 1.29 is 19.1 Å². The van der Waals surface area contributed by atoms with Crippen LogP contribution in [0.25, 0.3) is 0 Å². The summed E-state index contributed by atoms with van der Waals surface area (Å²) in [6.45, 7) is 2.74. The van der Waals surface area contributed by atoms with Crippen molar-refractivity contribution in [2.75, 3.05) is 19.0 Å². The van der Waals surface area contributed by atoms with Crippen LogP contribution in [0.2, 0.25) is 0 Å². The monoisotopic (exact) mass is 428 g/mol. The fourth-order valence-corrected chi connectivity index (χ4v) is 5.24. The van der Waals surface area contributed by atoms with E-state index in [1.807, 2.05) is 55.5 Å². The van der Waals surface area contributed by atoms with Crippen LogP contribution >= 0.6 is 23.5 Å². The van der Waals surface area contributed by atoms with Crippen LogP contribution in [0.3, 0.4) is 0 Å². The second-order valence-electron chi connectivity index (χ2n) is 6.79. The molecule has 0 aliphatic carbocycles. The fourth-order valence-electron chi connectivity index (χ4n) is 3.27. The van der Waals surface area contributed by atoms with Gasteiger partial charge in [0.2, 0.25) is 0 Å². The first kappa shape index (κ1) is 20.0. The normalized spacial score (nSPS) is 19.1. The topological polar surface area (TPSA) is 66.9 Å². The Hall–Kier alpha value is -2.29. The Morgan fingerprint density at radius 1 is 1.07 bits per heavy atom. The van der Waals surface area contributed by atoms with Crippen LogP contribution in [-0.4, -0.2) is 51.3 Å². The average molecular weight is 429 g/mol. The van der Waals surface area contributed by atoms with Crippen molar-refractivity contribution in [3.05, 3.63) is 65.2 Å². The van der Waals surface area contributed by atoms with Gasteiger partial charge in [0.25, 0.3) is 17.1 Å². The summed E-state index contributed by atoms with van der Waals surface area (Å²) in [4.78, 5) is 41.4. The summed E-state index contributed by atoms with van der Waals surface area (Å²) in [6, 6.07) is 15.2. The quantitative estimate of drug-likeness (QED) is 0.698. The van der Waals surface area contributed by atoms with Crippen molar-refractivity contribution >= 4 is 40.6 Å². The molecule has 0 saturated carbocycles. The molecular formula is C21H20N2O4S2. The number of fused-ring (bicyclic) bond motifs is 1. The summed E-state index contributed by atoms with van der Waals surface area (Å²) in [6.07, 6.45) is 0. The van der Waals surface area contributed by atoms with Crippen LogP contribution < -0.4 is 0 Å². The van der Waals surface area contributed by atoms with E-state index >= 15 is 0 Å². The number of carbonyl (C=O) groups excluding carboxylic acids is 3. The Kier molecular flexibility index (Phi) is 5.94. The van der Waals surface area contributed by atoms with Gasteiger partial charge in [-0.05, 0) is 35.9 Å². The molecule has 1 fully saturated rings. The summed E-state index contributed by atoms with van der Waals surface area (Å²) in [5.74, 6) is 0.181. The molecule has 0 spiro atoms. The van der Waals surface area contributed by atoms with Gasteiger partial charge in [-0.3, -0.25) is 19.3 Å². The maximum Gasteiger partial charge on any atom is 0.291 e. The minimum Gasteiger partial charge on any atom is -0.355 e. The second kappa shape index (κ2) is 8.61. The van der Waals surface area contributed by atoms with E-state index in [2.05, 4.69) is 0 Å². The highest BCUT2D eigenvalue weighted by Gasteiger charge is 2.40. The number of hydrogen-bond donors (Lipinski definition) is 0. The van der Waals surface area contributed by atoms with Crippen molar-refractivity contribution in [3.8, 4) is 0 Å². The first-order valence-electron chi connectivity index (χ1n) is 9.24. The molecule has 150 valence electrons. The van der Waals surface area contributed by atoms with E-state index in [1.165, 1.54) is 4.90 Å². The Balaban J connectivity index is 1.32. The van der Waals surface area contributed by atoms with Crippen molar-refractivity contribution in [1.29, 1.82) is 0 Å². The zero-order valence-electron chi connectivity index (χ0n) is 15.9. The first-order valence-corrected chi connectivity index (χ1v) is 11.1. The van der Waals surface area contributed by atoms with E-state index in [-0.39, 0.29) is 30.2 Å². The number of nitrogens with zero attached hydrogens (tertiary/aromatic N) is 2. The standard InChI is InChI=1S/C21H20N2O4S2/c1-14-6-5-9-16-17(14)18(24)22(13-28-16)10-11-27-20-19(25)23(21(26)29-20)12-15-7-3-2-4-8-15/h2-9,20H,10-13H2,1H3. The summed E-state index contributed by atoms with van der Waals surface area (Å²) in [5, 5.41) is -0.307. The third-order valence-corrected chi connectivity index (χ3v) is 6.89. The van der Waals surface area contributed by atoms with Crippen molar-refractivity contribution in [2.24, 2.45) is 0 Å². The van der Waals surface area contributed by atoms with E-state index in [4.69, 9.17) is 4.74 Å². The predicted molar refractivity (Wildman–Crippen MR) is 113 cm³/mol. The van der Waals surface area contributed by atoms with Gasteiger partial charge in [-0.25, -0.2) is 0 Å². The Morgan fingerprint density at radius 3 is 2.66 bits per heavy atom. The van der Waals surface area contributed by atoms with Gasteiger partial charge in [-0.15, -0.1) is 11.8 Å². The molecule has 2 aliphatic heterocycles. The number of hydrogen-bond acceptors (Lipinski definition) is 6. The van der Waals surface area contributed by atoms with Crippen LogP contribution in [-0.2, 0) is 16.1 Å². The highest BCUT2D eigenvalue weighted by Crippen LogP contribution is 2.32. The molecule has 2 aliphatic rings. The second-order valence-corrected chi connectivity index (χ2v) is 8.79. The number of benzene rings is 2.